The van der Waals surface area contributed by atoms with Crippen molar-refractivity contribution in [3.63, 3.8) is 0 Å². The number of nitrogens with zero attached hydrogens (tertiary/aromatic N) is 1. The number of halogens is 2. The van der Waals surface area contributed by atoms with Gasteiger partial charge in [0, 0.05) is 47.4 Å². The number of aliphatic hydroxyl groups is 2. The molecule has 1 heterocycles. The van der Waals surface area contributed by atoms with Crippen LogP contribution in [0.4, 0.5) is 14.5 Å². The average Bonchev–Trinajstić information content (AvgIpc) is 3.29. The number of hydrogen-bond donors (Lipinski definition) is 3. The number of benzene rings is 3. The molecule has 3 aromatic carbocycles. The number of carboxylic acids is 1. The zero-order valence-corrected chi connectivity index (χ0v) is 26.1. The molecule has 218 valence electrons. The third-order valence-corrected chi connectivity index (χ3v) is 6.66. The Hall–Kier alpha value is -3.60. The van der Waals surface area contributed by atoms with E-state index in [0.29, 0.717) is 33.6 Å². The number of carboxylic acid groups (broad SMARTS) is 1. The van der Waals surface area contributed by atoms with Crippen LogP contribution in [0.1, 0.15) is 48.9 Å². The molecule has 7 nitrogen and oxygen atoms in total. The van der Waals surface area contributed by atoms with Crippen molar-refractivity contribution in [2.45, 2.75) is 44.9 Å². The van der Waals surface area contributed by atoms with Gasteiger partial charge in [-0.2, -0.15) is 0 Å². The largest absolute Gasteiger partial charge is 1.00 e. The monoisotopic (exact) mass is 596 g/mol. The number of carbonyl (C=O) groups is 2. The molecule has 0 unspecified atom stereocenters. The minimum Gasteiger partial charge on any atom is -0.550 e. The van der Waals surface area contributed by atoms with Gasteiger partial charge in [-0.25, -0.2) is 8.78 Å². The number of carbonyl (C=O) groups excluding carboxylic acids is 2. The zero-order chi connectivity index (χ0) is 30.4. The SMILES string of the molecule is CC(C)n1c(/C=C/[C@@H](O)C[C@@H](O)CC(=O)[O-])c(-c2ccc(F)cc2)c(-c2ccccc2)c1C(=O)Nc1ccc(F)cc1.[Na+]. The molecule has 1 aromatic heterocycles. The minimum absolute atomic E-state index is 0. The summed E-state index contributed by atoms with van der Waals surface area (Å²) in [6.45, 7) is 3.77. The predicted molar refractivity (Wildman–Crippen MR) is 155 cm³/mol. The van der Waals surface area contributed by atoms with Gasteiger partial charge in [0.25, 0.3) is 5.91 Å². The molecule has 1 amide bonds. The van der Waals surface area contributed by atoms with E-state index < -0.39 is 42.1 Å². The summed E-state index contributed by atoms with van der Waals surface area (Å²) >= 11 is 0. The summed E-state index contributed by atoms with van der Waals surface area (Å²) in [5, 5.41) is 34.3. The summed E-state index contributed by atoms with van der Waals surface area (Å²) in [6, 6.07) is 20.1. The van der Waals surface area contributed by atoms with Crippen molar-refractivity contribution >= 4 is 23.6 Å². The first-order chi connectivity index (χ1) is 20.0. The van der Waals surface area contributed by atoms with Crippen LogP contribution in [0.25, 0.3) is 28.3 Å². The maximum atomic E-state index is 14.0. The second-order valence-electron chi connectivity index (χ2n) is 10.2. The number of aromatic nitrogens is 1. The van der Waals surface area contributed by atoms with Gasteiger partial charge in [0.05, 0.1) is 12.2 Å². The first-order valence-corrected chi connectivity index (χ1v) is 13.5. The first kappa shape index (κ1) is 33.9. The number of aliphatic carboxylic acids is 1. The van der Waals surface area contributed by atoms with Crippen LogP contribution in [0.15, 0.2) is 84.9 Å². The number of nitrogens with one attached hydrogen (secondary N) is 1. The van der Waals surface area contributed by atoms with Crippen molar-refractivity contribution in [3.8, 4) is 22.3 Å². The molecule has 10 heteroatoms. The Morgan fingerprint density at radius 2 is 1.44 bits per heavy atom. The molecule has 0 aliphatic heterocycles. The van der Waals surface area contributed by atoms with E-state index >= 15 is 0 Å². The quantitative estimate of drug-likeness (QED) is 0.230. The number of amides is 1. The van der Waals surface area contributed by atoms with Crippen LogP contribution in [-0.4, -0.2) is 38.9 Å². The Kier molecular flexibility index (Phi) is 12.0. The molecule has 2 atom stereocenters. The normalized spacial score (nSPS) is 12.6. The van der Waals surface area contributed by atoms with Gasteiger partial charge in [-0.3, -0.25) is 4.79 Å². The fourth-order valence-electron chi connectivity index (χ4n) is 4.88. The van der Waals surface area contributed by atoms with Crippen molar-refractivity contribution in [2.75, 3.05) is 5.32 Å². The zero-order valence-electron chi connectivity index (χ0n) is 24.1. The number of rotatable bonds is 11. The molecule has 0 aliphatic carbocycles. The second-order valence-corrected chi connectivity index (χ2v) is 10.2. The second kappa shape index (κ2) is 15.2. The Morgan fingerprint density at radius 1 is 0.884 bits per heavy atom. The summed E-state index contributed by atoms with van der Waals surface area (Å²) in [7, 11) is 0. The number of hydrogen-bond acceptors (Lipinski definition) is 5. The molecule has 4 aromatic rings. The van der Waals surface area contributed by atoms with E-state index in [2.05, 4.69) is 5.32 Å². The molecule has 4 rings (SSSR count). The van der Waals surface area contributed by atoms with Gasteiger partial charge < -0.3 is 30.0 Å². The van der Waals surface area contributed by atoms with Crippen molar-refractivity contribution in [1.29, 1.82) is 0 Å². The van der Waals surface area contributed by atoms with E-state index in [0.717, 1.165) is 0 Å². The van der Waals surface area contributed by atoms with Crippen LogP contribution in [0.3, 0.4) is 0 Å². The van der Waals surface area contributed by atoms with Crippen LogP contribution in [0, 0.1) is 11.6 Å². The van der Waals surface area contributed by atoms with E-state index in [1.807, 2.05) is 44.2 Å². The molecule has 0 bridgehead atoms. The van der Waals surface area contributed by atoms with E-state index in [1.54, 1.807) is 22.8 Å². The first-order valence-electron chi connectivity index (χ1n) is 13.5. The summed E-state index contributed by atoms with van der Waals surface area (Å²) in [6.07, 6.45) is -0.387. The molecule has 0 saturated heterocycles. The van der Waals surface area contributed by atoms with Gasteiger partial charge in [-0.1, -0.05) is 48.5 Å². The van der Waals surface area contributed by atoms with Crippen LogP contribution in [-0.2, 0) is 4.79 Å². The number of aliphatic hydroxyl groups excluding tert-OH is 2. The topological polar surface area (TPSA) is 115 Å². The van der Waals surface area contributed by atoms with Crippen LogP contribution in [0.5, 0.6) is 0 Å². The predicted octanol–water partition coefficient (Wildman–Crippen LogP) is 2.20. The smallest absolute Gasteiger partial charge is 0.550 e. The molecule has 0 spiro atoms. The fraction of sp³-hybridized carbons (Fsp3) is 0.212. The Balaban J connectivity index is 0.00000506. The van der Waals surface area contributed by atoms with Crippen molar-refractivity contribution in [2.24, 2.45) is 0 Å². The van der Waals surface area contributed by atoms with Gasteiger partial charge >= 0.3 is 29.6 Å². The minimum atomic E-state index is -1.43. The molecule has 0 aliphatic rings. The summed E-state index contributed by atoms with van der Waals surface area (Å²) in [5.74, 6) is -2.79. The summed E-state index contributed by atoms with van der Waals surface area (Å²) in [4.78, 5) is 24.8. The Labute approximate surface area is 270 Å². The standard InChI is InChI=1S/C33H32F2N2O5.Na/c1-20(2)37-28(17-16-26(38)18-27(39)19-29(40)41)30(22-8-10-23(34)11-9-22)31(21-6-4-3-5-7-21)32(37)33(42)36-25-14-12-24(35)13-15-25;/h3-17,20,26-27,38-39H,18-19H2,1-2H3,(H,36,42)(H,40,41);/q;+1/p-1/b17-16+;/t26-,27-;/m1./s1. The van der Waals surface area contributed by atoms with Gasteiger partial charge in [0.15, 0.2) is 0 Å². The molecular weight excluding hydrogens is 565 g/mol. The van der Waals surface area contributed by atoms with Gasteiger partial charge in [-0.15, -0.1) is 0 Å². The number of anilines is 1. The molecular formula is C33H31F2N2NaO5. The van der Waals surface area contributed by atoms with Crippen LogP contribution >= 0.6 is 0 Å². The third kappa shape index (κ3) is 8.49. The van der Waals surface area contributed by atoms with Crippen LogP contribution < -0.4 is 40.0 Å². The Bertz CT molecular complexity index is 1570. The third-order valence-electron chi connectivity index (χ3n) is 6.66. The van der Waals surface area contributed by atoms with Crippen LogP contribution in [0.2, 0.25) is 0 Å². The van der Waals surface area contributed by atoms with E-state index in [1.165, 1.54) is 42.5 Å². The van der Waals surface area contributed by atoms with E-state index in [4.69, 9.17) is 0 Å². The maximum Gasteiger partial charge on any atom is 1.00 e. The van der Waals surface area contributed by atoms with Crippen molar-refractivity contribution < 1.29 is 63.2 Å². The Morgan fingerprint density at radius 3 is 2.00 bits per heavy atom. The molecule has 3 N–H and O–H groups in total. The van der Waals surface area contributed by atoms with Crippen molar-refractivity contribution in [1.82, 2.24) is 4.57 Å². The van der Waals surface area contributed by atoms with E-state index in [-0.39, 0.29) is 47.7 Å². The molecule has 0 fully saturated rings. The average molecular weight is 597 g/mol. The molecule has 43 heavy (non-hydrogen) atoms. The van der Waals surface area contributed by atoms with Gasteiger partial charge in [0.1, 0.15) is 17.3 Å². The molecule has 0 saturated carbocycles. The maximum absolute atomic E-state index is 14.0. The fourth-order valence-corrected chi connectivity index (χ4v) is 4.88. The van der Waals surface area contributed by atoms with Crippen molar-refractivity contribution in [3.05, 3.63) is 108 Å². The summed E-state index contributed by atoms with van der Waals surface area (Å²) < 4.78 is 29.3. The van der Waals surface area contributed by atoms with Gasteiger partial charge in [-0.05, 0) is 67.4 Å². The van der Waals surface area contributed by atoms with Gasteiger partial charge in [0.2, 0.25) is 0 Å². The van der Waals surface area contributed by atoms with E-state index in [9.17, 15) is 33.7 Å². The summed E-state index contributed by atoms with van der Waals surface area (Å²) in [5.41, 5.74) is 3.66. The molecule has 0 radical (unpaired) electrons.